The predicted octanol–water partition coefficient (Wildman–Crippen LogP) is 1.78. The highest BCUT2D eigenvalue weighted by Crippen LogP contribution is 2.17. The first kappa shape index (κ1) is 15.5. The summed E-state index contributed by atoms with van der Waals surface area (Å²) in [5.41, 5.74) is 1.76. The van der Waals surface area contributed by atoms with E-state index in [4.69, 9.17) is 0 Å². The maximum absolute atomic E-state index is 12.4. The van der Waals surface area contributed by atoms with E-state index in [0.29, 0.717) is 12.6 Å². The van der Waals surface area contributed by atoms with Crippen LogP contribution in [0.5, 0.6) is 0 Å². The number of carbonyl (C=O) groups excluding carboxylic acids is 1. The maximum atomic E-state index is 12.4. The van der Waals surface area contributed by atoms with Crippen LogP contribution in [0.4, 0.5) is 5.69 Å². The number of benzene rings is 1. The van der Waals surface area contributed by atoms with Crippen LogP contribution in [0.2, 0.25) is 0 Å². The summed E-state index contributed by atoms with van der Waals surface area (Å²) in [5, 5.41) is 14.7. The lowest BCUT2D eigenvalue weighted by Crippen LogP contribution is -2.44. The van der Waals surface area contributed by atoms with Crippen LogP contribution >= 0.6 is 0 Å². The molecule has 1 aliphatic heterocycles. The highest BCUT2D eigenvalue weighted by molar-refractivity contribution is 5.81. The first-order valence-electron chi connectivity index (χ1n) is 8.04. The van der Waals surface area contributed by atoms with Crippen molar-refractivity contribution in [2.24, 2.45) is 0 Å². The molecule has 7 nitrogen and oxygen atoms in total. The molecular weight excluding hydrogens is 292 g/mol. The number of hydrogen-bond acceptors (Lipinski definition) is 5. The number of nitrogens with one attached hydrogen (secondary N) is 1. The molecule has 1 atom stereocenters. The monoisotopic (exact) mass is 314 g/mol. The molecule has 1 unspecified atom stereocenters. The lowest BCUT2D eigenvalue weighted by molar-refractivity contribution is -0.132. The van der Waals surface area contributed by atoms with Crippen molar-refractivity contribution >= 4 is 11.6 Å². The number of amides is 1. The van der Waals surface area contributed by atoms with Gasteiger partial charge in [0, 0.05) is 18.3 Å². The van der Waals surface area contributed by atoms with Crippen LogP contribution in [0.15, 0.2) is 24.3 Å². The van der Waals surface area contributed by atoms with E-state index in [1.165, 1.54) is 6.42 Å². The lowest BCUT2D eigenvalue weighted by Gasteiger charge is -2.33. The molecule has 0 radical (unpaired) electrons. The zero-order chi connectivity index (χ0) is 16.2. The quantitative estimate of drug-likeness (QED) is 0.931. The standard InChI is InChI=1S/C16H22N6O/c1-12-6-3-4-9-21(12)16(23)11-17-14-7-5-8-15(10-14)22-13(2)18-19-20-22/h5,7-8,10,12,17H,3-4,6,9,11H2,1-2H3. The molecule has 1 amide bonds. The molecule has 122 valence electrons. The van der Waals surface area contributed by atoms with Gasteiger partial charge in [-0.2, -0.15) is 4.68 Å². The highest BCUT2D eigenvalue weighted by atomic mass is 16.2. The van der Waals surface area contributed by atoms with E-state index in [-0.39, 0.29) is 5.91 Å². The second kappa shape index (κ2) is 6.76. The zero-order valence-electron chi connectivity index (χ0n) is 13.6. The summed E-state index contributed by atoms with van der Waals surface area (Å²) in [6.07, 6.45) is 3.41. The SMILES string of the molecule is Cc1nnnn1-c1cccc(NCC(=O)N2CCCCC2C)c1. The normalized spacial score (nSPS) is 18.0. The van der Waals surface area contributed by atoms with E-state index in [0.717, 1.165) is 36.6 Å². The fourth-order valence-electron chi connectivity index (χ4n) is 2.97. The summed E-state index contributed by atoms with van der Waals surface area (Å²) in [6, 6.07) is 8.08. The number of tetrazole rings is 1. The molecule has 0 aliphatic carbocycles. The van der Waals surface area contributed by atoms with E-state index >= 15 is 0 Å². The van der Waals surface area contributed by atoms with Crippen molar-refractivity contribution in [2.45, 2.75) is 39.2 Å². The molecule has 0 spiro atoms. The largest absolute Gasteiger partial charge is 0.376 e. The van der Waals surface area contributed by atoms with Gasteiger partial charge in [0.05, 0.1) is 12.2 Å². The molecule has 7 heteroatoms. The molecule has 3 rings (SSSR count). The summed E-state index contributed by atoms with van der Waals surface area (Å²) in [4.78, 5) is 14.4. The zero-order valence-corrected chi connectivity index (χ0v) is 13.6. The number of hydrogen-bond donors (Lipinski definition) is 1. The van der Waals surface area contributed by atoms with Gasteiger partial charge in [-0.15, -0.1) is 5.10 Å². The number of piperidine rings is 1. The van der Waals surface area contributed by atoms with Crippen LogP contribution in [0.25, 0.3) is 5.69 Å². The van der Waals surface area contributed by atoms with Gasteiger partial charge in [0.1, 0.15) is 0 Å². The minimum atomic E-state index is 0.154. The Kier molecular flexibility index (Phi) is 4.55. The number of carbonyl (C=O) groups is 1. The predicted molar refractivity (Wildman–Crippen MR) is 87.4 cm³/mol. The molecule has 0 saturated carbocycles. The number of nitrogens with zero attached hydrogens (tertiary/aromatic N) is 5. The molecule has 1 fully saturated rings. The molecule has 1 saturated heterocycles. The van der Waals surface area contributed by atoms with Gasteiger partial charge < -0.3 is 10.2 Å². The van der Waals surface area contributed by atoms with Crippen LogP contribution in [-0.4, -0.2) is 50.1 Å². The lowest BCUT2D eigenvalue weighted by atomic mass is 10.0. The van der Waals surface area contributed by atoms with Gasteiger partial charge in [-0.3, -0.25) is 4.79 Å². The average molecular weight is 314 g/mol. The van der Waals surface area contributed by atoms with Gasteiger partial charge in [-0.1, -0.05) is 6.07 Å². The third-order valence-electron chi connectivity index (χ3n) is 4.28. The maximum Gasteiger partial charge on any atom is 0.242 e. The van der Waals surface area contributed by atoms with Crippen molar-refractivity contribution in [1.82, 2.24) is 25.1 Å². The summed E-state index contributed by atoms with van der Waals surface area (Å²) in [7, 11) is 0. The second-order valence-electron chi connectivity index (χ2n) is 5.97. The molecule has 23 heavy (non-hydrogen) atoms. The average Bonchev–Trinajstić information content (AvgIpc) is 2.99. The van der Waals surface area contributed by atoms with Crippen molar-refractivity contribution in [3.63, 3.8) is 0 Å². The fraction of sp³-hybridized carbons (Fsp3) is 0.500. The number of aromatic nitrogens is 4. The summed E-state index contributed by atoms with van der Waals surface area (Å²) in [6.45, 7) is 5.15. The Bertz CT molecular complexity index is 683. The van der Waals surface area contributed by atoms with Crippen molar-refractivity contribution < 1.29 is 4.79 Å². The van der Waals surface area contributed by atoms with Crippen LogP contribution in [0.1, 0.15) is 32.0 Å². The Morgan fingerprint density at radius 1 is 1.39 bits per heavy atom. The van der Waals surface area contributed by atoms with E-state index in [9.17, 15) is 4.79 Å². The number of rotatable bonds is 4. The number of aryl methyl sites for hydroxylation is 1. The van der Waals surface area contributed by atoms with E-state index in [1.807, 2.05) is 36.1 Å². The minimum absolute atomic E-state index is 0.154. The molecular formula is C16H22N6O. The molecule has 1 N–H and O–H groups in total. The Hall–Kier alpha value is -2.44. The van der Waals surface area contributed by atoms with Gasteiger partial charge in [-0.25, -0.2) is 0 Å². The van der Waals surface area contributed by atoms with Crippen LogP contribution in [0.3, 0.4) is 0 Å². The summed E-state index contributed by atoms with van der Waals surface area (Å²) in [5.74, 6) is 0.876. The molecule has 1 aliphatic rings. The minimum Gasteiger partial charge on any atom is -0.376 e. The molecule has 0 bridgehead atoms. The van der Waals surface area contributed by atoms with Gasteiger partial charge in [-0.05, 0) is 61.7 Å². The Morgan fingerprint density at radius 3 is 3.00 bits per heavy atom. The summed E-state index contributed by atoms with van der Waals surface area (Å²) >= 11 is 0. The van der Waals surface area contributed by atoms with Gasteiger partial charge in [0.2, 0.25) is 5.91 Å². The molecule has 2 heterocycles. The Balaban J connectivity index is 1.64. The number of likely N-dealkylation sites (tertiary alicyclic amines) is 1. The molecule has 1 aromatic heterocycles. The van der Waals surface area contributed by atoms with E-state index in [2.05, 4.69) is 27.8 Å². The number of anilines is 1. The van der Waals surface area contributed by atoms with Gasteiger partial charge in [0.15, 0.2) is 5.82 Å². The van der Waals surface area contributed by atoms with Crippen molar-refractivity contribution in [3.05, 3.63) is 30.1 Å². The second-order valence-corrected chi connectivity index (χ2v) is 5.97. The smallest absolute Gasteiger partial charge is 0.242 e. The topological polar surface area (TPSA) is 75.9 Å². The molecule has 1 aromatic carbocycles. The van der Waals surface area contributed by atoms with Crippen molar-refractivity contribution in [1.29, 1.82) is 0 Å². The van der Waals surface area contributed by atoms with Crippen molar-refractivity contribution in [3.8, 4) is 5.69 Å². The van der Waals surface area contributed by atoms with Crippen LogP contribution in [0, 0.1) is 6.92 Å². The molecule has 2 aromatic rings. The Morgan fingerprint density at radius 2 is 2.26 bits per heavy atom. The van der Waals surface area contributed by atoms with Gasteiger partial charge >= 0.3 is 0 Å². The van der Waals surface area contributed by atoms with E-state index in [1.54, 1.807) is 4.68 Å². The fourth-order valence-corrected chi connectivity index (χ4v) is 2.97. The van der Waals surface area contributed by atoms with Crippen LogP contribution < -0.4 is 5.32 Å². The van der Waals surface area contributed by atoms with Crippen molar-refractivity contribution in [2.75, 3.05) is 18.4 Å². The first-order chi connectivity index (χ1) is 11.1. The Labute approximate surface area is 135 Å². The first-order valence-corrected chi connectivity index (χ1v) is 8.04. The van der Waals surface area contributed by atoms with Crippen LogP contribution in [-0.2, 0) is 4.79 Å². The third-order valence-corrected chi connectivity index (χ3v) is 4.28. The van der Waals surface area contributed by atoms with Gasteiger partial charge in [0.25, 0.3) is 0 Å². The third kappa shape index (κ3) is 3.49. The summed E-state index contributed by atoms with van der Waals surface area (Å²) < 4.78 is 1.67. The van der Waals surface area contributed by atoms with E-state index < -0.39 is 0 Å². The highest BCUT2D eigenvalue weighted by Gasteiger charge is 2.22.